The summed E-state index contributed by atoms with van der Waals surface area (Å²) in [5.41, 5.74) is 0.485. The second-order valence-corrected chi connectivity index (χ2v) is 3.37. The van der Waals surface area contributed by atoms with Crippen LogP contribution in [0.1, 0.15) is 5.56 Å². The van der Waals surface area contributed by atoms with E-state index in [2.05, 4.69) is 0 Å². The maximum Gasteiger partial charge on any atom is 0.307 e. The molecule has 0 aliphatic heterocycles. The number of carbonyl (C=O) groups is 1. The molecular weight excluding hydrogens is 195 g/mol. The second-order valence-electron chi connectivity index (χ2n) is 3.37. The fraction of sp³-hybridized carbons (Fsp3) is 0.0833. The summed E-state index contributed by atoms with van der Waals surface area (Å²) in [6.45, 7) is 0. The average molecular weight is 204 g/mol. The van der Waals surface area contributed by atoms with Crippen LogP contribution in [0.5, 0.6) is 0 Å². The molecule has 0 fully saturated rings. The Labute approximate surface area is 86.0 Å². The Morgan fingerprint density at radius 2 is 2.00 bits per heavy atom. The number of carboxylic acids is 1. The summed E-state index contributed by atoms with van der Waals surface area (Å²) in [5.74, 6) is -1.32. The Balaban J connectivity index is 2.57. The molecule has 15 heavy (non-hydrogen) atoms. The predicted molar refractivity (Wildman–Crippen MR) is 55.2 cm³/mol. The Kier molecular flexibility index (Phi) is 2.37. The molecule has 0 aliphatic rings. The summed E-state index contributed by atoms with van der Waals surface area (Å²) in [7, 11) is 0. The molecule has 0 saturated heterocycles. The molecule has 1 N–H and O–H groups in total. The molecule has 0 radical (unpaired) electrons. The van der Waals surface area contributed by atoms with E-state index in [0.717, 1.165) is 5.39 Å². The minimum atomic E-state index is -0.954. The van der Waals surface area contributed by atoms with Crippen LogP contribution >= 0.6 is 0 Å². The van der Waals surface area contributed by atoms with Gasteiger partial charge in [-0.05, 0) is 17.0 Å². The zero-order valence-corrected chi connectivity index (χ0v) is 7.90. The van der Waals surface area contributed by atoms with Crippen molar-refractivity contribution >= 4 is 16.7 Å². The third-order valence-corrected chi connectivity index (χ3v) is 2.23. The van der Waals surface area contributed by atoms with Gasteiger partial charge in [-0.1, -0.05) is 30.3 Å². The van der Waals surface area contributed by atoms with Crippen LogP contribution in [-0.2, 0) is 11.2 Å². The van der Waals surface area contributed by atoms with Crippen LogP contribution in [0.4, 0.5) is 4.39 Å². The summed E-state index contributed by atoms with van der Waals surface area (Å²) in [5, 5.41) is 9.86. The monoisotopic (exact) mass is 204 g/mol. The van der Waals surface area contributed by atoms with Gasteiger partial charge in [0, 0.05) is 5.39 Å². The highest BCUT2D eigenvalue weighted by atomic mass is 19.1. The molecular formula is C12H9FO2. The van der Waals surface area contributed by atoms with Crippen LogP contribution in [0.15, 0.2) is 36.4 Å². The van der Waals surface area contributed by atoms with E-state index in [1.165, 1.54) is 6.07 Å². The summed E-state index contributed by atoms with van der Waals surface area (Å²) < 4.78 is 13.5. The van der Waals surface area contributed by atoms with E-state index in [-0.39, 0.29) is 12.2 Å². The largest absolute Gasteiger partial charge is 0.481 e. The van der Waals surface area contributed by atoms with Crippen molar-refractivity contribution in [1.82, 2.24) is 0 Å². The van der Waals surface area contributed by atoms with Gasteiger partial charge in [-0.25, -0.2) is 4.39 Å². The third kappa shape index (κ3) is 1.96. The first-order chi connectivity index (χ1) is 7.16. The van der Waals surface area contributed by atoms with Gasteiger partial charge in [0.05, 0.1) is 6.42 Å². The van der Waals surface area contributed by atoms with Gasteiger partial charge in [0.25, 0.3) is 0 Å². The summed E-state index contributed by atoms with van der Waals surface area (Å²) in [4.78, 5) is 10.5. The van der Waals surface area contributed by atoms with Gasteiger partial charge in [-0.2, -0.15) is 0 Å². The first-order valence-corrected chi connectivity index (χ1v) is 4.56. The number of halogens is 1. The van der Waals surface area contributed by atoms with Crippen molar-refractivity contribution in [3.05, 3.63) is 47.8 Å². The third-order valence-electron chi connectivity index (χ3n) is 2.23. The summed E-state index contributed by atoms with van der Waals surface area (Å²) >= 11 is 0. The molecule has 0 atom stereocenters. The lowest BCUT2D eigenvalue weighted by atomic mass is 10.0. The van der Waals surface area contributed by atoms with Crippen LogP contribution < -0.4 is 0 Å². The number of rotatable bonds is 2. The molecule has 0 saturated carbocycles. The van der Waals surface area contributed by atoms with Crippen molar-refractivity contribution in [3.63, 3.8) is 0 Å². The quantitative estimate of drug-likeness (QED) is 0.816. The molecule has 76 valence electrons. The van der Waals surface area contributed by atoms with Crippen molar-refractivity contribution in [3.8, 4) is 0 Å². The Hall–Kier alpha value is -1.90. The van der Waals surface area contributed by atoms with Crippen molar-refractivity contribution in [2.45, 2.75) is 6.42 Å². The first-order valence-electron chi connectivity index (χ1n) is 4.56. The fourth-order valence-corrected chi connectivity index (χ4v) is 1.60. The highest BCUT2D eigenvalue weighted by Gasteiger charge is 2.05. The minimum Gasteiger partial charge on any atom is -0.481 e. The summed E-state index contributed by atoms with van der Waals surface area (Å²) in [6, 6.07) is 9.97. The maximum atomic E-state index is 13.5. The Bertz CT molecular complexity index is 520. The lowest BCUT2D eigenvalue weighted by molar-refractivity contribution is -0.136. The van der Waals surface area contributed by atoms with E-state index < -0.39 is 5.97 Å². The van der Waals surface area contributed by atoms with Crippen LogP contribution in [0, 0.1) is 5.82 Å². The van der Waals surface area contributed by atoms with Crippen molar-refractivity contribution < 1.29 is 14.3 Å². The topological polar surface area (TPSA) is 37.3 Å². The molecule has 0 heterocycles. The number of aliphatic carboxylic acids is 1. The lowest BCUT2D eigenvalue weighted by Crippen LogP contribution is -2.00. The number of carboxylic acid groups (broad SMARTS) is 1. The standard InChI is InChI=1S/C12H9FO2/c13-11-6-8(7-12(14)15)5-9-3-1-2-4-10(9)11/h1-6H,7H2,(H,14,15). The molecule has 0 unspecified atom stereocenters. The van der Waals surface area contributed by atoms with Crippen LogP contribution in [0.2, 0.25) is 0 Å². The molecule has 0 aromatic heterocycles. The van der Waals surface area contributed by atoms with Gasteiger partial charge in [0.1, 0.15) is 5.82 Å². The van der Waals surface area contributed by atoms with Gasteiger partial charge >= 0.3 is 5.97 Å². The second kappa shape index (κ2) is 3.69. The number of benzene rings is 2. The number of hydrogen-bond donors (Lipinski definition) is 1. The highest BCUT2D eigenvalue weighted by molar-refractivity contribution is 5.84. The normalized spacial score (nSPS) is 10.5. The molecule has 0 bridgehead atoms. The molecule has 0 aliphatic carbocycles. The maximum absolute atomic E-state index is 13.5. The fourth-order valence-electron chi connectivity index (χ4n) is 1.60. The first kappa shape index (κ1) is 9.65. The Morgan fingerprint density at radius 3 is 2.73 bits per heavy atom. The lowest BCUT2D eigenvalue weighted by Gasteiger charge is -2.02. The van der Waals surface area contributed by atoms with Gasteiger partial charge in [-0.15, -0.1) is 0 Å². The highest BCUT2D eigenvalue weighted by Crippen LogP contribution is 2.19. The van der Waals surface area contributed by atoms with Crippen LogP contribution in [0.3, 0.4) is 0 Å². The van der Waals surface area contributed by atoms with E-state index >= 15 is 0 Å². The van der Waals surface area contributed by atoms with Crippen LogP contribution in [0.25, 0.3) is 10.8 Å². The molecule has 0 spiro atoms. The Morgan fingerprint density at radius 1 is 1.27 bits per heavy atom. The zero-order chi connectivity index (χ0) is 10.8. The van der Waals surface area contributed by atoms with Crippen molar-refractivity contribution in [2.75, 3.05) is 0 Å². The van der Waals surface area contributed by atoms with E-state index in [4.69, 9.17) is 5.11 Å². The SMILES string of the molecule is O=C(O)Cc1cc(F)c2ccccc2c1. The van der Waals surface area contributed by atoms with Gasteiger partial charge < -0.3 is 5.11 Å². The number of hydrogen-bond acceptors (Lipinski definition) is 1. The van der Waals surface area contributed by atoms with Crippen molar-refractivity contribution in [2.24, 2.45) is 0 Å². The minimum absolute atomic E-state index is 0.151. The molecule has 2 rings (SSSR count). The molecule has 2 aromatic rings. The average Bonchev–Trinajstić information content (AvgIpc) is 2.16. The molecule has 0 amide bonds. The summed E-state index contributed by atoms with van der Waals surface area (Å²) in [6.07, 6.45) is -0.151. The van der Waals surface area contributed by atoms with Gasteiger partial charge in [-0.3, -0.25) is 4.79 Å². The smallest absolute Gasteiger partial charge is 0.307 e. The van der Waals surface area contributed by atoms with E-state index in [0.29, 0.717) is 10.9 Å². The molecule has 3 heteroatoms. The zero-order valence-electron chi connectivity index (χ0n) is 7.90. The van der Waals surface area contributed by atoms with E-state index in [1.54, 1.807) is 30.3 Å². The molecule has 2 nitrogen and oxygen atoms in total. The predicted octanol–water partition coefficient (Wildman–Crippen LogP) is 2.61. The van der Waals surface area contributed by atoms with Gasteiger partial charge in [0.15, 0.2) is 0 Å². The van der Waals surface area contributed by atoms with Crippen LogP contribution in [-0.4, -0.2) is 11.1 Å². The van der Waals surface area contributed by atoms with Crippen molar-refractivity contribution in [1.29, 1.82) is 0 Å². The van der Waals surface area contributed by atoms with Gasteiger partial charge in [0.2, 0.25) is 0 Å². The molecule has 2 aromatic carbocycles. The van der Waals surface area contributed by atoms with E-state index in [1.807, 2.05) is 0 Å². The van der Waals surface area contributed by atoms with E-state index in [9.17, 15) is 9.18 Å². The number of fused-ring (bicyclic) bond motifs is 1.